The SMILES string of the molecule is CCOc1ccccc1C(=O)NCC(=O)NCc1cccc(Cn2ccnc2C)c1. The van der Waals surface area contributed by atoms with Crippen molar-refractivity contribution in [1.82, 2.24) is 20.2 Å². The van der Waals surface area contributed by atoms with Crippen molar-refractivity contribution in [3.8, 4) is 5.75 Å². The van der Waals surface area contributed by atoms with Crippen LogP contribution in [0.25, 0.3) is 0 Å². The molecule has 0 atom stereocenters. The van der Waals surface area contributed by atoms with Gasteiger partial charge in [0.2, 0.25) is 5.91 Å². The Morgan fingerprint density at radius 1 is 1.07 bits per heavy atom. The van der Waals surface area contributed by atoms with Crippen LogP contribution in [0.3, 0.4) is 0 Å². The first-order valence-corrected chi connectivity index (χ1v) is 9.89. The molecule has 0 saturated carbocycles. The van der Waals surface area contributed by atoms with E-state index in [4.69, 9.17) is 4.74 Å². The molecule has 0 aliphatic heterocycles. The van der Waals surface area contributed by atoms with Crippen molar-refractivity contribution >= 4 is 11.8 Å². The second kappa shape index (κ2) is 10.2. The predicted molar refractivity (Wildman–Crippen MR) is 114 cm³/mol. The number of para-hydroxylation sites is 1. The maximum Gasteiger partial charge on any atom is 0.255 e. The summed E-state index contributed by atoms with van der Waals surface area (Å²) >= 11 is 0. The molecule has 0 unspecified atom stereocenters. The van der Waals surface area contributed by atoms with Crippen LogP contribution in [0.5, 0.6) is 5.75 Å². The number of benzene rings is 2. The lowest BCUT2D eigenvalue weighted by atomic mass is 10.1. The Hall–Kier alpha value is -3.61. The highest BCUT2D eigenvalue weighted by molar-refractivity contribution is 5.98. The molecule has 1 heterocycles. The van der Waals surface area contributed by atoms with Gasteiger partial charge >= 0.3 is 0 Å². The monoisotopic (exact) mass is 406 g/mol. The van der Waals surface area contributed by atoms with Crippen molar-refractivity contribution < 1.29 is 14.3 Å². The van der Waals surface area contributed by atoms with E-state index in [1.54, 1.807) is 30.5 Å². The molecule has 30 heavy (non-hydrogen) atoms. The summed E-state index contributed by atoms with van der Waals surface area (Å²) in [6, 6.07) is 15.0. The summed E-state index contributed by atoms with van der Waals surface area (Å²) in [7, 11) is 0. The number of amides is 2. The zero-order valence-electron chi connectivity index (χ0n) is 17.2. The first-order chi connectivity index (χ1) is 14.6. The third kappa shape index (κ3) is 5.70. The molecule has 156 valence electrons. The number of imidazole rings is 1. The lowest BCUT2D eigenvalue weighted by molar-refractivity contribution is -0.120. The molecular formula is C23H26N4O3. The van der Waals surface area contributed by atoms with Gasteiger partial charge in [-0.05, 0) is 37.1 Å². The highest BCUT2D eigenvalue weighted by Crippen LogP contribution is 2.17. The summed E-state index contributed by atoms with van der Waals surface area (Å²) in [5, 5.41) is 5.48. The number of carbonyl (C=O) groups is 2. The Balaban J connectivity index is 1.50. The molecule has 0 fully saturated rings. The van der Waals surface area contributed by atoms with E-state index < -0.39 is 0 Å². The number of ether oxygens (including phenoxy) is 1. The van der Waals surface area contributed by atoms with E-state index >= 15 is 0 Å². The fraction of sp³-hybridized carbons (Fsp3) is 0.261. The van der Waals surface area contributed by atoms with Gasteiger partial charge in [-0.25, -0.2) is 4.98 Å². The van der Waals surface area contributed by atoms with E-state index in [0.717, 1.165) is 23.5 Å². The van der Waals surface area contributed by atoms with Crippen LogP contribution in [-0.2, 0) is 17.9 Å². The highest BCUT2D eigenvalue weighted by atomic mass is 16.5. The maximum absolute atomic E-state index is 12.4. The normalized spacial score (nSPS) is 10.5. The smallest absolute Gasteiger partial charge is 0.255 e. The Kier molecular flexibility index (Phi) is 7.21. The van der Waals surface area contributed by atoms with E-state index in [1.165, 1.54) is 0 Å². The number of aryl methyl sites for hydroxylation is 1. The Bertz CT molecular complexity index is 1010. The van der Waals surface area contributed by atoms with Gasteiger partial charge in [0.25, 0.3) is 5.91 Å². The summed E-state index contributed by atoms with van der Waals surface area (Å²) in [5.74, 6) is 0.859. The molecule has 0 aliphatic carbocycles. The minimum absolute atomic E-state index is 0.104. The summed E-state index contributed by atoms with van der Waals surface area (Å²) in [6.07, 6.45) is 3.72. The molecule has 0 bridgehead atoms. The zero-order valence-corrected chi connectivity index (χ0v) is 17.2. The first kappa shape index (κ1) is 21.1. The van der Waals surface area contributed by atoms with Crippen molar-refractivity contribution in [2.45, 2.75) is 26.9 Å². The van der Waals surface area contributed by atoms with Gasteiger partial charge in [0.15, 0.2) is 0 Å². The topological polar surface area (TPSA) is 85.2 Å². The molecule has 0 saturated heterocycles. The van der Waals surface area contributed by atoms with Crippen LogP contribution in [0, 0.1) is 6.92 Å². The number of nitrogens with zero attached hydrogens (tertiary/aromatic N) is 2. The van der Waals surface area contributed by atoms with Crippen LogP contribution in [0.2, 0.25) is 0 Å². The average Bonchev–Trinajstić information content (AvgIpc) is 3.16. The van der Waals surface area contributed by atoms with Crippen molar-refractivity contribution in [2.75, 3.05) is 13.2 Å². The van der Waals surface area contributed by atoms with Crippen molar-refractivity contribution in [3.63, 3.8) is 0 Å². The van der Waals surface area contributed by atoms with E-state index in [-0.39, 0.29) is 18.4 Å². The average molecular weight is 406 g/mol. The second-order valence-corrected chi connectivity index (χ2v) is 6.81. The summed E-state index contributed by atoms with van der Waals surface area (Å²) < 4.78 is 7.52. The molecule has 1 aromatic heterocycles. The van der Waals surface area contributed by atoms with Crippen LogP contribution in [0.4, 0.5) is 0 Å². The van der Waals surface area contributed by atoms with Crippen LogP contribution in [0.1, 0.15) is 34.2 Å². The van der Waals surface area contributed by atoms with Crippen LogP contribution >= 0.6 is 0 Å². The van der Waals surface area contributed by atoms with Gasteiger partial charge in [-0.1, -0.05) is 36.4 Å². The number of rotatable bonds is 9. The van der Waals surface area contributed by atoms with E-state index in [0.29, 0.717) is 24.5 Å². The number of hydrogen-bond donors (Lipinski definition) is 2. The number of aromatic nitrogens is 2. The molecule has 0 aliphatic rings. The van der Waals surface area contributed by atoms with E-state index in [2.05, 4.69) is 26.3 Å². The van der Waals surface area contributed by atoms with Crippen molar-refractivity contribution in [3.05, 3.63) is 83.4 Å². The van der Waals surface area contributed by atoms with Gasteiger partial charge in [0.1, 0.15) is 11.6 Å². The molecule has 2 aromatic carbocycles. The van der Waals surface area contributed by atoms with Crippen molar-refractivity contribution in [1.29, 1.82) is 0 Å². The van der Waals surface area contributed by atoms with Gasteiger partial charge in [-0.2, -0.15) is 0 Å². The Morgan fingerprint density at radius 3 is 2.63 bits per heavy atom. The molecule has 3 aromatic rings. The van der Waals surface area contributed by atoms with Gasteiger partial charge in [-0.15, -0.1) is 0 Å². The first-order valence-electron chi connectivity index (χ1n) is 9.89. The molecule has 7 heteroatoms. The third-order valence-electron chi connectivity index (χ3n) is 4.60. The Morgan fingerprint density at radius 2 is 1.87 bits per heavy atom. The Labute approximate surface area is 176 Å². The minimum atomic E-state index is -0.341. The van der Waals surface area contributed by atoms with Crippen molar-refractivity contribution in [2.24, 2.45) is 0 Å². The van der Waals surface area contributed by atoms with E-state index in [9.17, 15) is 9.59 Å². The summed E-state index contributed by atoms with van der Waals surface area (Å²) in [6.45, 7) is 5.29. The molecule has 0 radical (unpaired) electrons. The molecule has 3 rings (SSSR count). The fourth-order valence-electron chi connectivity index (χ4n) is 3.06. The molecule has 2 amide bonds. The van der Waals surface area contributed by atoms with Gasteiger partial charge in [-0.3, -0.25) is 9.59 Å². The van der Waals surface area contributed by atoms with Crippen LogP contribution in [0.15, 0.2) is 60.9 Å². The molecule has 0 spiro atoms. The zero-order chi connectivity index (χ0) is 21.3. The van der Waals surface area contributed by atoms with E-state index in [1.807, 2.05) is 38.2 Å². The molecule has 2 N–H and O–H groups in total. The quantitative estimate of drug-likeness (QED) is 0.572. The van der Waals surface area contributed by atoms with Crippen LogP contribution in [-0.4, -0.2) is 34.5 Å². The van der Waals surface area contributed by atoms with Gasteiger partial charge in [0.05, 0.1) is 18.7 Å². The predicted octanol–water partition coefficient (Wildman–Crippen LogP) is 2.68. The standard InChI is InChI=1S/C23H26N4O3/c1-3-30-21-10-5-4-9-20(21)23(29)26-15-22(28)25-14-18-7-6-8-19(13-18)16-27-12-11-24-17(27)2/h4-13H,3,14-16H2,1-2H3,(H,25,28)(H,26,29). The second-order valence-electron chi connectivity index (χ2n) is 6.81. The van der Waals surface area contributed by atoms with Gasteiger partial charge < -0.3 is 19.9 Å². The highest BCUT2D eigenvalue weighted by Gasteiger charge is 2.13. The maximum atomic E-state index is 12.4. The minimum Gasteiger partial charge on any atom is -0.493 e. The number of carbonyl (C=O) groups excluding carboxylic acids is 2. The lowest BCUT2D eigenvalue weighted by Gasteiger charge is -2.11. The molecular weight excluding hydrogens is 380 g/mol. The number of nitrogens with one attached hydrogen (secondary N) is 2. The fourth-order valence-corrected chi connectivity index (χ4v) is 3.06. The third-order valence-corrected chi connectivity index (χ3v) is 4.60. The van der Waals surface area contributed by atoms with Crippen LogP contribution < -0.4 is 15.4 Å². The lowest BCUT2D eigenvalue weighted by Crippen LogP contribution is -2.36. The summed E-state index contributed by atoms with van der Waals surface area (Å²) in [4.78, 5) is 28.8. The largest absolute Gasteiger partial charge is 0.493 e. The molecule has 7 nitrogen and oxygen atoms in total. The van der Waals surface area contributed by atoms with Gasteiger partial charge in [0, 0.05) is 25.5 Å². The summed E-state index contributed by atoms with van der Waals surface area (Å²) in [5.41, 5.74) is 2.53. The number of hydrogen-bond acceptors (Lipinski definition) is 4.